The fourth-order valence-corrected chi connectivity index (χ4v) is 5.68. The van der Waals surface area contributed by atoms with Crippen LogP contribution in [-0.2, 0) is 26.2 Å². The molecule has 11 heteroatoms. The molecule has 0 heterocycles. The van der Waals surface area contributed by atoms with Gasteiger partial charge in [-0.3, -0.25) is 13.9 Å². The van der Waals surface area contributed by atoms with E-state index in [0.717, 1.165) is 18.2 Å². The second-order valence-corrected chi connectivity index (χ2v) is 12.6. The lowest BCUT2D eigenvalue weighted by Gasteiger charge is -2.32. The Balaban J connectivity index is 2.30. The van der Waals surface area contributed by atoms with Crippen LogP contribution in [0.3, 0.4) is 0 Å². The van der Waals surface area contributed by atoms with Crippen molar-refractivity contribution < 1.29 is 18.0 Å². The Labute approximate surface area is 241 Å². The van der Waals surface area contributed by atoms with Gasteiger partial charge in [-0.15, -0.1) is 0 Å². The fourth-order valence-electron chi connectivity index (χ4n) is 4.03. The highest BCUT2D eigenvalue weighted by Gasteiger charge is 2.30. The van der Waals surface area contributed by atoms with Gasteiger partial charge < -0.3 is 10.2 Å². The minimum Gasteiger partial charge on any atom is -0.352 e. The van der Waals surface area contributed by atoms with Gasteiger partial charge in [-0.2, -0.15) is 0 Å². The first-order chi connectivity index (χ1) is 17.8. The molecule has 0 saturated carbocycles. The topological polar surface area (TPSA) is 86.8 Å². The van der Waals surface area contributed by atoms with E-state index >= 15 is 0 Å². The minimum atomic E-state index is -3.63. The number of sulfonamides is 1. The molecular formula is C27H36Cl3N3O4S. The zero-order valence-electron chi connectivity index (χ0n) is 22.4. The summed E-state index contributed by atoms with van der Waals surface area (Å²) >= 11 is 18.6. The van der Waals surface area contributed by atoms with E-state index in [1.807, 2.05) is 20.8 Å². The van der Waals surface area contributed by atoms with Crippen LogP contribution in [0, 0.1) is 6.92 Å². The highest BCUT2D eigenvalue weighted by atomic mass is 35.5. The molecule has 0 saturated heterocycles. The van der Waals surface area contributed by atoms with Gasteiger partial charge >= 0.3 is 0 Å². The monoisotopic (exact) mass is 603 g/mol. The molecule has 0 radical (unpaired) electrons. The number of nitrogens with zero attached hydrogens (tertiary/aromatic N) is 2. The lowest BCUT2D eigenvalue weighted by Crippen LogP contribution is -2.50. The Bertz CT molecular complexity index is 1240. The summed E-state index contributed by atoms with van der Waals surface area (Å²) in [6.07, 6.45) is 2.55. The van der Waals surface area contributed by atoms with Gasteiger partial charge in [0.15, 0.2) is 0 Å². The number of hydrogen-bond donors (Lipinski definition) is 1. The molecule has 210 valence electrons. The number of aryl methyl sites for hydroxylation is 1. The molecular weight excluding hydrogens is 569 g/mol. The molecule has 38 heavy (non-hydrogen) atoms. The molecule has 7 nitrogen and oxygen atoms in total. The molecule has 0 spiro atoms. The average Bonchev–Trinajstić information content (AvgIpc) is 2.83. The fraction of sp³-hybridized carbons (Fsp3) is 0.481. The molecule has 1 N–H and O–H groups in total. The van der Waals surface area contributed by atoms with Crippen LogP contribution in [0.2, 0.25) is 15.1 Å². The van der Waals surface area contributed by atoms with Crippen molar-refractivity contribution in [2.24, 2.45) is 0 Å². The highest BCUT2D eigenvalue weighted by molar-refractivity contribution is 7.92. The summed E-state index contributed by atoms with van der Waals surface area (Å²) in [4.78, 5) is 28.2. The van der Waals surface area contributed by atoms with Crippen molar-refractivity contribution in [1.29, 1.82) is 0 Å². The van der Waals surface area contributed by atoms with E-state index in [-0.39, 0.29) is 43.8 Å². The van der Waals surface area contributed by atoms with Gasteiger partial charge in [-0.1, -0.05) is 60.8 Å². The molecule has 2 atom stereocenters. The van der Waals surface area contributed by atoms with Crippen molar-refractivity contribution in [2.75, 3.05) is 17.1 Å². The summed E-state index contributed by atoms with van der Waals surface area (Å²) < 4.78 is 26.4. The third-order valence-corrected chi connectivity index (χ3v) is 8.34. The van der Waals surface area contributed by atoms with Crippen LogP contribution in [0.5, 0.6) is 0 Å². The molecule has 2 amide bonds. The summed E-state index contributed by atoms with van der Waals surface area (Å²) in [6, 6.07) is 9.29. The summed E-state index contributed by atoms with van der Waals surface area (Å²) in [5.74, 6) is -0.522. The number of benzene rings is 2. The van der Waals surface area contributed by atoms with Gasteiger partial charge in [0.05, 0.1) is 11.9 Å². The standard InChI is InChI=1S/C27H36Cl3N3O4S/c1-6-19(4)31-27(35)24(7-2)32(17-20-11-13-21(28)15-23(20)30)26(34)9-8-14-33(38(5,36)37)25-16-22(29)12-10-18(25)3/h10-13,15-16,19,24H,6-9,14,17H2,1-5H3,(H,31,35)/t19-,24-/m0/s1. The zero-order chi connectivity index (χ0) is 28.6. The smallest absolute Gasteiger partial charge is 0.243 e. The van der Waals surface area contributed by atoms with Crippen LogP contribution in [-0.4, -0.2) is 50.0 Å². The number of amides is 2. The second-order valence-electron chi connectivity index (χ2n) is 9.37. The predicted octanol–water partition coefficient (Wildman–Crippen LogP) is 6.22. The first-order valence-electron chi connectivity index (χ1n) is 12.6. The first-order valence-corrected chi connectivity index (χ1v) is 15.5. The third-order valence-electron chi connectivity index (χ3n) is 6.33. The number of hydrogen-bond acceptors (Lipinski definition) is 4. The van der Waals surface area contributed by atoms with Crippen molar-refractivity contribution in [3.63, 3.8) is 0 Å². The van der Waals surface area contributed by atoms with Crippen LogP contribution >= 0.6 is 34.8 Å². The third kappa shape index (κ3) is 9.04. The Hall–Kier alpha value is -2.00. The average molecular weight is 605 g/mol. The maximum Gasteiger partial charge on any atom is 0.243 e. The van der Waals surface area contributed by atoms with Crippen molar-refractivity contribution in [2.45, 2.75) is 72.0 Å². The first kappa shape index (κ1) is 32.2. The molecule has 0 fully saturated rings. The molecule has 0 aliphatic carbocycles. The normalized spacial score (nSPS) is 13.1. The summed E-state index contributed by atoms with van der Waals surface area (Å²) in [7, 11) is -3.63. The number of carbonyl (C=O) groups is 2. The Morgan fingerprint density at radius 3 is 2.21 bits per heavy atom. The number of anilines is 1. The molecule has 0 aromatic heterocycles. The van der Waals surface area contributed by atoms with E-state index in [1.54, 1.807) is 43.3 Å². The molecule has 0 aliphatic rings. The quantitative estimate of drug-likeness (QED) is 0.294. The number of rotatable bonds is 13. The largest absolute Gasteiger partial charge is 0.352 e. The van der Waals surface area contributed by atoms with E-state index in [9.17, 15) is 18.0 Å². The summed E-state index contributed by atoms with van der Waals surface area (Å²) in [6.45, 7) is 7.72. The lowest BCUT2D eigenvalue weighted by atomic mass is 10.1. The van der Waals surface area contributed by atoms with Crippen molar-refractivity contribution in [3.8, 4) is 0 Å². The van der Waals surface area contributed by atoms with E-state index in [4.69, 9.17) is 34.8 Å². The number of halogens is 3. The maximum atomic E-state index is 13.6. The Kier molecular flexibility index (Phi) is 12.2. The van der Waals surface area contributed by atoms with Gasteiger partial charge in [0, 0.05) is 40.6 Å². The van der Waals surface area contributed by atoms with Gasteiger partial charge in [0.1, 0.15) is 6.04 Å². The molecule has 2 aromatic carbocycles. The van der Waals surface area contributed by atoms with Crippen molar-refractivity contribution in [3.05, 3.63) is 62.6 Å². The Morgan fingerprint density at radius 2 is 1.63 bits per heavy atom. The lowest BCUT2D eigenvalue weighted by molar-refractivity contribution is -0.141. The minimum absolute atomic E-state index is 0.0317. The van der Waals surface area contributed by atoms with Crippen LogP contribution in [0.25, 0.3) is 0 Å². The molecule has 0 aliphatic heterocycles. The number of carbonyl (C=O) groups excluding carboxylic acids is 2. The van der Waals surface area contributed by atoms with E-state index in [2.05, 4.69) is 5.32 Å². The summed E-state index contributed by atoms with van der Waals surface area (Å²) in [5, 5.41) is 4.25. The predicted molar refractivity (Wildman–Crippen MR) is 157 cm³/mol. The van der Waals surface area contributed by atoms with Crippen LogP contribution in [0.1, 0.15) is 57.6 Å². The summed E-state index contributed by atoms with van der Waals surface area (Å²) in [5.41, 5.74) is 1.88. The maximum absolute atomic E-state index is 13.6. The van der Waals surface area contributed by atoms with E-state index in [1.165, 1.54) is 9.21 Å². The van der Waals surface area contributed by atoms with E-state index < -0.39 is 16.1 Å². The van der Waals surface area contributed by atoms with Gasteiger partial charge in [0.2, 0.25) is 21.8 Å². The second kappa shape index (κ2) is 14.4. The molecule has 2 aromatic rings. The zero-order valence-corrected chi connectivity index (χ0v) is 25.5. The number of nitrogens with one attached hydrogen (secondary N) is 1. The SMILES string of the molecule is CC[C@H](C)NC(=O)[C@H](CC)N(Cc1ccc(Cl)cc1Cl)C(=O)CCCN(c1cc(Cl)ccc1C)S(C)(=O)=O. The van der Waals surface area contributed by atoms with Gasteiger partial charge in [-0.05, 0) is 68.5 Å². The van der Waals surface area contributed by atoms with Crippen LogP contribution in [0.15, 0.2) is 36.4 Å². The van der Waals surface area contributed by atoms with Gasteiger partial charge in [0.25, 0.3) is 0 Å². The van der Waals surface area contributed by atoms with Crippen LogP contribution in [0.4, 0.5) is 5.69 Å². The molecule has 0 unspecified atom stereocenters. The van der Waals surface area contributed by atoms with E-state index in [0.29, 0.717) is 32.7 Å². The van der Waals surface area contributed by atoms with Crippen LogP contribution < -0.4 is 9.62 Å². The van der Waals surface area contributed by atoms with Crippen molar-refractivity contribution >= 4 is 62.3 Å². The molecule has 2 rings (SSSR count). The Morgan fingerprint density at radius 1 is 1.00 bits per heavy atom. The molecule has 0 bridgehead atoms. The van der Waals surface area contributed by atoms with Gasteiger partial charge in [-0.25, -0.2) is 8.42 Å². The van der Waals surface area contributed by atoms with Crippen molar-refractivity contribution in [1.82, 2.24) is 10.2 Å². The highest BCUT2D eigenvalue weighted by Crippen LogP contribution is 2.27.